The van der Waals surface area contributed by atoms with E-state index in [-0.39, 0.29) is 18.8 Å². The third-order valence-corrected chi connectivity index (χ3v) is 2.43. The van der Waals surface area contributed by atoms with Crippen molar-refractivity contribution in [2.75, 3.05) is 18.4 Å². The highest BCUT2D eigenvalue weighted by Gasteiger charge is 2.16. The topological polar surface area (TPSA) is 93.4 Å². The van der Waals surface area contributed by atoms with Gasteiger partial charge in [0.05, 0.1) is 11.3 Å². The van der Waals surface area contributed by atoms with Crippen LogP contribution in [0.3, 0.4) is 0 Å². The quantitative estimate of drug-likeness (QED) is 0.725. The normalized spacial score (nSPS) is 11.0. The molecule has 0 atom stereocenters. The molecule has 0 bridgehead atoms. The van der Waals surface area contributed by atoms with Gasteiger partial charge in [0.1, 0.15) is 17.2 Å². The van der Waals surface area contributed by atoms with Crippen molar-refractivity contribution in [2.24, 2.45) is 5.73 Å². The molecule has 6 nitrogen and oxygen atoms in total. The predicted octanol–water partition coefficient (Wildman–Crippen LogP) is 2.00. The number of amides is 2. The first-order chi connectivity index (χ1) is 10.1. The van der Waals surface area contributed by atoms with Crippen LogP contribution in [-0.2, 0) is 4.74 Å². The lowest BCUT2D eigenvalue weighted by Crippen LogP contribution is -2.35. The van der Waals surface area contributed by atoms with E-state index < -0.39 is 34.8 Å². The molecule has 1 rings (SSSR count). The number of nitrogens with one attached hydrogen (secondary N) is 2. The van der Waals surface area contributed by atoms with E-state index in [0.717, 1.165) is 6.07 Å². The van der Waals surface area contributed by atoms with Crippen molar-refractivity contribution in [2.45, 2.75) is 26.4 Å². The second-order valence-corrected chi connectivity index (χ2v) is 5.53. The van der Waals surface area contributed by atoms with Crippen LogP contribution in [0.4, 0.5) is 19.3 Å². The molecule has 0 aliphatic carbocycles. The van der Waals surface area contributed by atoms with Crippen LogP contribution in [0.1, 0.15) is 31.1 Å². The summed E-state index contributed by atoms with van der Waals surface area (Å²) in [6.45, 7) is 5.48. The van der Waals surface area contributed by atoms with Crippen LogP contribution in [0.25, 0.3) is 0 Å². The van der Waals surface area contributed by atoms with Gasteiger partial charge >= 0.3 is 6.09 Å². The fourth-order valence-corrected chi connectivity index (χ4v) is 1.55. The minimum absolute atomic E-state index is 0.0822. The molecular weight excluding hydrogens is 296 g/mol. The molecule has 122 valence electrons. The molecule has 0 spiro atoms. The van der Waals surface area contributed by atoms with Crippen molar-refractivity contribution < 1.29 is 23.1 Å². The Bertz CT molecular complexity index is 571. The second-order valence-electron chi connectivity index (χ2n) is 5.53. The first-order valence-electron chi connectivity index (χ1n) is 6.59. The summed E-state index contributed by atoms with van der Waals surface area (Å²) in [6, 6.07) is 1.56. The monoisotopic (exact) mass is 315 g/mol. The summed E-state index contributed by atoms with van der Waals surface area (Å²) in [6.07, 6.45) is -0.605. The molecule has 0 heterocycles. The van der Waals surface area contributed by atoms with Gasteiger partial charge in [-0.05, 0) is 26.8 Å². The maximum absolute atomic E-state index is 13.5. The molecule has 0 saturated heterocycles. The lowest BCUT2D eigenvalue weighted by atomic mass is 10.1. The van der Waals surface area contributed by atoms with Crippen molar-refractivity contribution in [1.82, 2.24) is 5.32 Å². The predicted molar refractivity (Wildman–Crippen MR) is 77.6 cm³/mol. The van der Waals surface area contributed by atoms with Crippen LogP contribution in [0.2, 0.25) is 0 Å². The van der Waals surface area contributed by atoms with E-state index in [0.29, 0.717) is 6.07 Å². The van der Waals surface area contributed by atoms with Crippen molar-refractivity contribution in [1.29, 1.82) is 0 Å². The van der Waals surface area contributed by atoms with Gasteiger partial charge in [-0.3, -0.25) is 4.79 Å². The lowest BCUT2D eigenvalue weighted by Gasteiger charge is -2.19. The maximum atomic E-state index is 13.5. The number of carbonyl (C=O) groups is 2. The largest absolute Gasteiger partial charge is 0.444 e. The van der Waals surface area contributed by atoms with Gasteiger partial charge in [0.2, 0.25) is 0 Å². The Kier molecular flexibility index (Phi) is 5.67. The van der Waals surface area contributed by atoms with Crippen molar-refractivity contribution in [3.63, 3.8) is 0 Å². The van der Waals surface area contributed by atoms with Gasteiger partial charge in [0.25, 0.3) is 5.91 Å². The van der Waals surface area contributed by atoms with E-state index in [1.807, 2.05) is 0 Å². The standard InChI is InChI=1S/C14H19F2N3O3/c1-14(2,3)22-13(21)19-5-4-18-11-6-8(12(17)20)9(15)7-10(11)16/h6-7,18H,4-5H2,1-3H3,(H2,17,20)(H,19,21). The number of primary amides is 1. The smallest absolute Gasteiger partial charge is 0.407 e. The number of anilines is 1. The Hall–Kier alpha value is -2.38. The van der Waals surface area contributed by atoms with Crippen LogP contribution < -0.4 is 16.4 Å². The van der Waals surface area contributed by atoms with Crippen LogP contribution >= 0.6 is 0 Å². The zero-order valence-corrected chi connectivity index (χ0v) is 12.6. The minimum atomic E-state index is -1.03. The van der Waals surface area contributed by atoms with Gasteiger partial charge in [-0.2, -0.15) is 0 Å². The number of ether oxygens (including phenoxy) is 1. The highest BCUT2D eigenvalue weighted by Crippen LogP contribution is 2.19. The molecule has 0 radical (unpaired) electrons. The summed E-state index contributed by atoms with van der Waals surface area (Å²) in [5, 5.41) is 5.10. The molecule has 0 fully saturated rings. The van der Waals surface area contributed by atoms with Gasteiger partial charge in [0.15, 0.2) is 0 Å². The number of nitrogens with two attached hydrogens (primary N) is 1. The molecule has 2 amide bonds. The first-order valence-corrected chi connectivity index (χ1v) is 6.59. The molecular formula is C14H19F2N3O3. The fourth-order valence-electron chi connectivity index (χ4n) is 1.55. The summed E-state index contributed by atoms with van der Waals surface area (Å²) in [5.41, 5.74) is 3.87. The van der Waals surface area contributed by atoms with Crippen LogP contribution in [0.15, 0.2) is 12.1 Å². The summed E-state index contributed by atoms with van der Waals surface area (Å²) in [4.78, 5) is 22.4. The maximum Gasteiger partial charge on any atom is 0.407 e. The highest BCUT2D eigenvalue weighted by atomic mass is 19.1. The van der Waals surface area contributed by atoms with Crippen molar-refractivity contribution >= 4 is 17.7 Å². The van der Waals surface area contributed by atoms with E-state index >= 15 is 0 Å². The number of hydrogen-bond acceptors (Lipinski definition) is 4. The fraction of sp³-hybridized carbons (Fsp3) is 0.429. The molecule has 8 heteroatoms. The van der Waals surface area contributed by atoms with Gasteiger partial charge in [-0.25, -0.2) is 13.6 Å². The molecule has 0 aliphatic heterocycles. The minimum Gasteiger partial charge on any atom is -0.444 e. The molecule has 1 aromatic carbocycles. The van der Waals surface area contributed by atoms with Gasteiger partial charge in [-0.15, -0.1) is 0 Å². The Morgan fingerprint density at radius 2 is 1.82 bits per heavy atom. The van der Waals surface area contributed by atoms with Crippen molar-refractivity contribution in [3.05, 3.63) is 29.3 Å². The molecule has 0 saturated carbocycles. The lowest BCUT2D eigenvalue weighted by molar-refractivity contribution is 0.0530. The van der Waals surface area contributed by atoms with Gasteiger partial charge < -0.3 is 21.1 Å². The average Bonchev–Trinajstić information content (AvgIpc) is 2.33. The van der Waals surface area contributed by atoms with E-state index in [2.05, 4.69) is 10.6 Å². The molecule has 1 aromatic rings. The molecule has 0 aliphatic rings. The van der Waals surface area contributed by atoms with Crippen LogP contribution in [0, 0.1) is 11.6 Å². The SMILES string of the molecule is CC(C)(C)OC(=O)NCCNc1cc(C(N)=O)c(F)cc1F. The van der Waals surface area contributed by atoms with Crippen LogP contribution in [-0.4, -0.2) is 30.7 Å². The summed E-state index contributed by atoms with van der Waals surface area (Å²) < 4.78 is 31.8. The Labute approximate surface area is 127 Å². The Morgan fingerprint density at radius 3 is 2.36 bits per heavy atom. The zero-order valence-electron chi connectivity index (χ0n) is 12.6. The first kappa shape index (κ1) is 17.7. The Balaban J connectivity index is 2.54. The van der Waals surface area contributed by atoms with Crippen LogP contribution in [0.5, 0.6) is 0 Å². The highest BCUT2D eigenvalue weighted by molar-refractivity contribution is 5.94. The number of halogens is 2. The number of benzene rings is 1. The molecule has 0 aromatic heterocycles. The summed E-state index contributed by atoms with van der Waals surface area (Å²) in [5.74, 6) is -2.88. The number of rotatable bonds is 5. The van der Waals surface area contributed by atoms with Gasteiger partial charge in [-0.1, -0.05) is 0 Å². The summed E-state index contributed by atoms with van der Waals surface area (Å²) in [7, 11) is 0. The second kappa shape index (κ2) is 7.06. The van der Waals surface area contributed by atoms with E-state index in [1.54, 1.807) is 20.8 Å². The Morgan fingerprint density at radius 1 is 1.18 bits per heavy atom. The third-order valence-electron chi connectivity index (χ3n) is 2.43. The molecule has 4 N–H and O–H groups in total. The van der Waals surface area contributed by atoms with Gasteiger partial charge in [0, 0.05) is 19.2 Å². The van der Waals surface area contributed by atoms with E-state index in [9.17, 15) is 18.4 Å². The number of hydrogen-bond donors (Lipinski definition) is 3. The number of carbonyl (C=O) groups excluding carboxylic acids is 2. The molecule has 0 unspecified atom stereocenters. The third kappa shape index (κ3) is 5.55. The van der Waals surface area contributed by atoms with E-state index in [4.69, 9.17) is 10.5 Å². The zero-order chi connectivity index (χ0) is 16.9. The van der Waals surface area contributed by atoms with E-state index in [1.165, 1.54) is 0 Å². The summed E-state index contributed by atoms with van der Waals surface area (Å²) >= 11 is 0. The molecule has 22 heavy (non-hydrogen) atoms. The average molecular weight is 315 g/mol. The number of alkyl carbamates (subject to hydrolysis) is 1. The van der Waals surface area contributed by atoms with Crippen molar-refractivity contribution in [3.8, 4) is 0 Å².